The minimum absolute atomic E-state index is 0.197. The molecule has 90 valence electrons. The first-order valence-corrected chi connectivity index (χ1v) is 6.71. The first kappa shape index (κ1) is 13.8. The number of anilines is 1. The predicted octanol–water partition coefficient (Wildman–Crippen LogP) is 3.40. The molecule has 0 aliphatic rings. The van der Waals surface area contributed by atoms with Gasteiger partial charge in [-0.15, -0.1) is 0 Å². The molecule has 0 saturated carbocycles. The van der Waals surface area contributed by atoms with Gasteiger partial charge in [0.15, 0.2) is 0 Å². The molecule has 1 aromatic rings. The van der Waals surface area contributed by atoms with Crippen molar-refractivity contribution in [1.29, 1.82) is 0 Å². The number of rotatable bonds is 4. The molecule has 0 heterocycles. The summed E-state index contributed by atoms with van der Waals surface area (Å²) >= 11 is 2.34. The second-order valence-electron chi connectivity index (χ2n) is 5.06. The van der Waals surface area contributed by atoms with Crippen LogP contribution in [0.4, 0.5) is 5.69 Å². The summed E-state index contributed by atoms with van der Waals surface area (Å²) in [4.78, 5) is 0. The highest BCUT2D eigenvalue weighted by molar-refractivity contribution is 14.1. The summed E-state index contributed by atoms with van der Waals surface area (Å²) in [7, 11) is 0. The van der Waals surface area contributed by atoms with E-state index < -0.39 is 0 Å². The van der Waals surface area contributed by atoms with Crippen molar-refractivity contribution in [2.75, 3.05) is 18.4 Å². The van der Waals surface area contributed by atoms with Crippen LogP contribution in [0.3, 0.4) is 0 Å². The first-order chi connectivity index (χ1) is 7.38. The minimum atomic E-state index is 0.197. The van der Waals surface area contributed by atoms with Crippen LogP contribution in [-0.2, 0) is 0 Å². The van der Waals surface area contributed by atoms with Crippen molar-refractivity contribution in [1.82, 2.24) is 5.32 Å². The summed E-state index contributed by atoms with van der Waals surface area (Å²) in [5.41, 5.74) is 2.74. The lowest BCUT2D eigenvalue weighted by atomic mass is 10.1. The van der Waals surface area contributed by atoms with Gasteiger partial charge in [-0.2, -0.15) is 0 Å². The summed E-state index contributed by atoms with van der Waals surface area (Å²) in [6.07, 6.45) is 0. The van der Waals surface area contributed by atoms with E-state index in [4.69, 9.17) is 0 Å². The largest absolute Gasteiger partial charge is 0.384 e. The fourth-order valence-electron chi connectivity index (χ4n) is 1.46. The van der Waals surface area contributed by atoms with Crippen molar-refractivity contribution in [3.8, 4) is 0 Å². The van der Waals surface area contributed by atoms with Crippen LogP contribution in [0, 0.1) is 10.5 Å². The van der Waals surface area contributed by atoms with Gasteiger partial charge >= 0.3 is 0 Å². The number of hydrogen-bond donors (Lipinski definition) is 2. The highest BCUT2D eigenvalue weighted by atomic mass is 127. The number of halogens is 1. The molecule has 3 heteroatoms. The zero-order valence-corrected chi connectivity index (χ0v) is 12.7. The van der Waals surface area contributed by atoms with Gasteiger partial charge in [0.2, 0.25) is 0 Å². The number of aryl methyl sites for hydroxylation is 1. The fraction of sp³-hybridized carbons (Fsp3) is 0.538. The highest BCUT2D eigenvalue weighted by Gasteiger charge is 2.07. The molecule has 2 N–H and O–H groups in total. The monoisotopic (exact) mass is 332 g/mol. The first-order valence-electron chi connectivity index (χ1n) is 5.63. The summed E-state index contributed by atoms with van der Waals surface area (Å²) in [6, 6.07) is 6.47. The predicted molar refractivity (Wildman–Crippen MR) is 80.1 cm³/mol. The second kappa shape index (κ2) is 5.87. The molecule has 0 spiro atoms. The lowest BCUT2D eigenvalue weighted by Gasteiger charge is -2.21. The molecule has 16 heavy (non-hydrogen) atoms. The van der Waals surface area contributed by atoms with Crippen LogP contribution in [0.1, 0.15) is 26.3 Å². The average molecular weight is 332 g/mol. The quantitative estimate of drug-likeness (QED) is 0.652. The highest BCUT2D eigenvalue weighted by Crippen LogP contribution is 2.17. The normalized spacial score (nSPS) is 11.6. The lowest BCUT2D eigenvalue weighted by Crippen LogP contribution is -2.38. The second-order valence-corrected chi connectivity index (χ2v) is 6.31. The van der Waals surface area contributed by atoms with Crippen molar-refractivity contribution >= 4 is 28.3 Å². The Bertz CT molecular complexity index is 342. The van der Waals surface area contributed by atoms with Gasteiger partial charge < -0.3 is 10.6 Å². The molecule has 2 nitrogen and oxygen atoms in total. The third kappa shape index (κ3) is 5.16. The van der Waals surface area contributed by atoms with Gasteiger partial charge in [-0.3, -0.25) is 0 Å². The van der Waals surface area contributed by atoms with Crippen LogP contribution in [0.15, 0.2) is 18.2 Å². The molecule has 0 bridgehead atoms. The van der Waals surface area contributed by atoms with Crippen molar-refractivity contribution in [2.24, 2.45) is 0 Å². The Hall–Kier alpha value is -0.290. The van der Waals surface area contributed by atoms with Crippen molar-refractivity contribution in [3.63, 3.8) is 0 Å². The topological polar surface area (TPSA) is 24.1 Å². The Morgan fingerprint density at radius 3 is 2.44 bits per heavy atom. The molecule has 1 rings (SSSR count). The molecular weight excluding hydrogens is 311 g/mol. The van der Waals surface area contributed by atoms with E-state index in [2.05, 4.69) is 79.1 Å². The maximum atomic E-state index is 3.46. The van der Waals surface area contributed by atoms with Crippen LogP contribution in [-0.4, -0.2) is 18.6 Å². The average Bonchev–Trinajstić information content (AvgIpc) is 2.13. The van der Waals surface area contributed by atoms with Crippen molar-refractivity contribution < 1.29 is 0 Å². The van der Waals surface area contributed by atoms with E-state index in [0.717, 1.165) is 13.1 Å². The number of benzene rings is 1. The molecule has 1 aromatic carbocycles. The summed E-state index contributed by atoms with van der Waals surface area (Å²) in [5.74, 6) is 0. The van der Waals surface area contributed by atoms with Crippen LogP contribution in [0.2, 0.25) is 0 Å². The van der Waals surface area contributed by atoms with Gasteiger partial charge in [-0.1, -0.05) is 0 Å². The van der Waals surface area contributed by atoms with E-state index in [0.29, 0.717) is 0 Å². The standard InChI is InChI=1S/C13H21IN2/c1-10-9-11(14)5-6-12(10)15-7-8-16-13(2,3)4/h5-6,9,15-16H,7-8H2,1-4H3. The number of nitrogens with one attached hydrogen (secondary N) is 2. The summed E-state index contributed by atoms with van der Waals surface area (Å²) < 4.78 is 1.29. The maximum Gasteiger partial charge on any atom is 0.0371 e. The van der Waals surface area contributed by atoms with E-state index in [1.807, 2.05) is 0 Å². The van der Waals surface area contributed by atoms with Crippen LogP contribution in [0.5, 0.6) is 0 Å². The molecule has 0 aromatic heterocycles. The van der Waals surface area contributed by atoms with Gasteiger partial charge in [0.1, 0.15) is 0 Å². The van der Waals surface area contributed by atoms with Crippen molar-refractivity contribution in [2.45, 2.75) is 33.2 Å². The van der Waals surface area contributed by atoms with Gasteiger partial charge in [0.05, 0.1) is 0 Å². The van der Waals surface area contributed by atoms with Gasteiger partial charge in [0.25, 0.3) is 0 Å². The minimum Gasteiger partial charge on any atom is -0.384 e. The SMILES string of the molecule is Cc1cc(I)ccc1NCCNC(C)(C)C. The third-order valence-corrected chi connectivity index (χ3v) is 2.96. The molecule has 0 fully saturated rings. The Balaban J connectivity index is 2.38. The molecule has 0 aliphatic carbocycles. The van der Waals surface area contributed by atoms with Crippen LogP contribution < -0.4 is 10.6 Å². The zero-order valence-electron chi connectivity index (χ0n) is 10.5. The lowest BCUT2D eigenvalue weighted by molar-refractivity contribution is 0.435. The van der Waals surface area contributed by atoms with Gasteiger partial charge in [-0.05, 0) is 74.0 Å². The van der Waals surface area contributed by atoms with E-state index in [9.17, 15) is 0 Å². The molecule has 0 aliphatic heterocycles. The summed E-state index contributed by atoms with van der Waals surface area (Å²) in [6.45, 7) is 10.6. The maximum absolute atomic E-state index is 3.46. The van der Waals surface area contributed by atoms with E-state index in [1.54, 1.807) is 0 Å². The van der Waals surface area contributed by atoms with E-state index >= 15 is 0 Å². The fourth-order valence-corrected chi connectivity index (χ4v) is 2.11. The van der Waals surface area contributed by atoms with E-state index in [1.165, 1.54) is 14.8 Å². The molecule has 0 saturated heterocycles. The van der Waals surface area contributed by atoms with Gasteiger partial charge in [0, 0.05) is 27.9 Å². The molecular formula is C13H21IN2. The molecule has 0 radical (unpaired) electrons. The zero-order chi connectivity index (χ0) is 12.2. The van der Waals surface area contributed by atoms with Crippen molar-refractivity contribution in [3.05, 3.63) is 27.3 Å². The Labute approximate surface area is 112 Å². The Morgan fingerprint density at radius 2 is 1.88 bits per heavy atom. The summed E-state index contributed by atoms with van der Waals surface area (Å²) in [5, 5.41) is 6.91. The van der Waals surface area contributed by atoms with Crippen LogP contribution >= 0.6 is 22.6 Å². The van der Waals surface area contributed by atoms with Crippen LogP contribution in [0.25, 0.3) is 0 Å². The Kier molecular flexibility index (Phi) is 5.05. The Morgan fingerprint density at radius 1 is 1.19 bits per heavy atom. The molecule has 0 atom stereocenters. The molecule has 0 amide bonds. The number of hydrogen-bond acceptors (Lipinski definition) is 2. The van der Waals surface area contributed by atoms with Gasteiger partial charge in [-0.25, -0.2) is 0 Å². The molecule has 0 unspecified atom stereocenters. The smallest absolute Gasteiger partial charge is 0.0371 e. The third-order valence-electron chi connectivity index (χ3n) is 2.28. The van der Waals surface area contributed by atoms with E-state index in [-0.39, 0.29) is 5.54 Å².